The smallest absolute Gasteiger partial charge is 0.413 e. The maximum Gasteiger partial charge on any atom is 0.413 e. The number of ether oxygens (including phenoxy) is 5. The molecule has 2 N–H and O–H groups in total. The number of nitrogens with zero attached hydrogens (tertiary/aromatic N) is 1. The second-order valence-electron chi connectivity index (χ2n) is 8.33. The molecule has 0 aromatic heterocycles. The van der Waals surface area contributed by atoms with Crippen LogP contribution in [0.3, 0.4) is 0 Å². The molecule has 1 amide bonds. The highest BCUT2D eigenvalue weighted by molar-refractivity contribution is 5.76. The Hall–Kier alpha value is -2.52. The summed E-state index contributed by atoms with van der Waals surface area (Å²) >= 11 is 0. The first-order valence-corrected chi connectivity index (χ1v) is 11.1. The first-order valence-electron chi connectivity index (χ1n) is 11.1. The third-order valence-electron chi connectivity index (χ3n) is 4.95. The van der Waals surface area contributed by atoms with Gasteiger partial charge in [0, 0.05) is 12.5 Å². The highest BCUT2D eigenvalue weighted by Crippen LogP contribution is 2.27. The summed E-state index contributed by atoms with van der Waals surface area (Å²) in [6, 6.07) is 6.62. The number of carbonyl (C=O) groups is 2. The van der Waals surface area contributed by atoms with Crippen molar-refractivity contribution in [1.29, 1.82) is 0 Å². The van der Waals surface area contributed by atoms with Gasteiger partial charge in [-0.1, -0.05) is 39.8 Å². The van der Waals surface area contributed by atoms with E-state index in [1.54, 1.807) is 13.8 Å². The average Bonchev–Trinajstić information content (AvgIpc) is 2.77. The fourth-order valence-electron chi connectivity index (χ4n) is 2.95. The Kier molecular flexibility index (Phi) is 10.1. The molecular weight excluding hydrogens is 416 g/mol. The van der Waals surface area contributed by atoms with E-state index in [9.17, 15) is 9.59 Å². The number of esters is 1. The summed E-state index contributed by atoms with van der Waals surface area (Å²) in [5, 5.41) is 0. The molecule has 180 valence electrons. The van der Waals surface area contributed by atoms with E-state index >= 15 is 0 Å². The van der Waals surface area contributed by atoms with Crippen molar-refractivity contribution in [3.63, 3.8) is 0 Å². The second-order valence-corrected chi connectivity index (χ2v) is 8.33. The lowest BCUT2D eigenvalue weighted by Gasteiger charge is -2.33. The van der Waals surface area contributed by atoms with Crippen LogP contribution in [0.25, 0.3) is 0 Å². The van der Waals surface area contributed by atoms with E-state index in [4.69, 9.17) is 29.4 Å². The van der Waals surface area contributed by atoms with Crippen molar-refractivity contribution >= 4 is 12.1 Å². The normalized spacial score (nSPS) is 18.2. The van der Waals surface area contributed by atoms with Gasteiger partial charge in [0.15, 0.2) is 11.5 Å². The monoisotopic (exact) mass is 452 g/mol. The van der Waals surface area contributed by atoms with Gasteiger partial charge in [0.2, 0.25) is 0 Å². The molecular formula is C23H36N2O7. The van der Waals surface area contributed by atoms with E-state index in [1.165, 1.54) is 4.90 Å². The summed E-state index contributed by atoms with van der Waals surface area (Å²) < 4.78 is 28.0. The lowest BCUT2D eigenvalue weighted by atomic mass is 10.1. The van der Waals surface area contributed by atoms with Gasteiger partial charge in [-0.25, -0.2) is 4.79 Å². The third kappa shape index (κ3) is 7.56. The Morgan fingerprint density at radius 3 is 2.34 bits per heavy atom. The number of hydrogen-bond acceptors (Lipinski definition) is 8. The zero-order valence-electron chi connectivity index (χ0n) is 19.6. The summed E-state index contributed by atoms with van der Waals surface area (Å²) in [7, 11) is 0. The number of hydrogen-bond donors (Lipinski definition) is 1. The van der Waals surface area contributed by atoms with Crippen molar-refractivity contribution in [3.8, 4) is 11.5 Å². The summed E-state index contributed by atoms with van der Waals surface area (Å²) in [6.07, 6.45) is -1.92. The number of para-hydroxylation sites is 2. The number of benzene rings is 1. The molecule has 0 aliphatic carbocycles. The first kappa shape index (κ1) is 25.7. The van der Waals surface area contributed by atoms with E-state index in [-0.39, 0.29) is 24.5 Å². The number of amides is 1. The molecule has 3 atom stereocenters. The molecule has 0 radical (unpaired) electrons. The van der Waals surface area contributed by atoms with Crippen LogP contribution < -0.4 is 15.2 Å². The molecule has 32 heavy (non-hydrogen) atoms. The van der Waals surface area contributed by atoms with Crippen LogP contribution in [-0.2, 0) is 19.0 Å². The second kappa shape index (κ2) is 12.5. The van der Waals surface area contributed by atoms with E-state index in [0.717, 1.165) is 0 Å². The van der Waals surface area contributed by atoms with Crippen LogP contribution >= 0.6 is 0 Å². The highest BCUT2D eigenvalue weighted by atomic mass is 16.7. The molecule has 9 nitrogen and oxygen atoms in total. The Balaban J connectivity index is 1.91. The molecule has 0 bridgehead atoms. The van der Waals surface area contributed by atoms with Gasteiger partial charge in [0.25, 0.3) is 6.29 Å². The summed E-state index contributed by atoms with van der Waals surface area (Å²) in [4.78, 5) is 26.5. The van der Waals surface area contributed by atoms with Gasteiger partial charge in [-0.3, -0.25) is 4.79 Å². The maximum absolute atomic E-state index is 12.7. The van der Waals surface area contributed by atoms with E-state index in [0.29, 0.717) is 37.8 Å². The quantitative estimate of drug-likeness (QED) is 0.426. The van der Waals surface area contributed by atoms with Crippen molar-refractivity contribution < 1.29 is 33.3 Å². The van der Waals surface area contributed by atoms with Crippen molar-refractivity contribution in [2.75, 3.05) is 32.9 Å². The predicted molar refractivity (Wildman–Crippen MR) is 118 cm³/mol. The minimum Gasteiger partial charge on any atom is -0.490 e. The number of nitrogens with two attached hydrogens (primary N) is 1. The topological polar surface area (TPSA) is 110 Å². The standard InChI is InChI=1S/C23H36N2O7/c1-6-28-18-9-7-8-10-19(18)30-14-17-13-25(11-12-29-17)23(27)32-22(16(4)5)31-21(26)20(24)15(2)3/h7-10,15-17,20,22H,6,11-14,24H2,1-5H3/t17-,20?,22?/m0/s1. The largest absolute Gasteiger partial charge is 0.490 e. The Bertz CT molecular complexity index is 741. The molecule has 1 aromatic carbocycles. The van der Waals surface area contributed by atoms with Gasteiger partial charge in [0.1, 0.15) is 18.8 Å². The highest BCUT2D eigenvalue weighted by Gasteiger charge is 2.31. The van der Waals surface area contributed by atoms with Crippen molar-refractivity contribution in [1.82, 2.24) is 4.90 Å². The van der Waals surface area contributed by atoms with Crippen LogP contribution in [-0.4, -0.2) is 68.3 Å². The molecule has 0 saturated carbocycles. The Morgan fingerprint density at radius 1 is 1.09 bits per heavy atom. The third-order valence-corrected chi connectivity index (χ3v) is 4.95. The van der Waals surface area contributed by atoms with Crippen LogP contribution in [0.4, 0.5) is 4.79 Å². The Labute approximate surface area is 190 Å². The first-order chi connectivity index (χ1) is 15.2. The van der Waals surface area contributed by atoms with Crippen molar-refractivity contribution in [2.24, 2.45) is 17.6 Å². The van der Waals surface area contributed by atoms with Gasteiger partial charge in [0.05, 0.1) is 19.8 Å². The lowest BCUT2D eigenvalue weighted by Crippen LogP contribution is -2.49. The van der Waals surface area contributed by atoms with Gasteiger partial charge < -0.3 is 34.3 Å². The molecule has 1 heterocycles. The van der Waals surface area contributed by atoms with Crippen LogP contribution in [0, 0.1) is 11.8 Å². The molecule has 1 aromatic rings. The fraction of sp³-hybridized carbons (Fsp3) is 0.652. The van der Waals surface area contributed by atoms with Crippen LogP contribution in [0.2, 0.25) is 0 Å². The minimum atomic E-state index is -1.02. The van der Waals surface area contributed by atoms with Gasteiger partial charge in [-0.2, -0.15) is 0 Å². The summed E-state index contributed by atoms with van der Waals surface area (Å²) in [6.45, 7) is 11.0. The summed E-state index contributed by atoms with van der Waals surface area (Å²) in [5.74, 6) is 0.373. The molecule has 9 heteroatoms. The van der Waals surface area contributed by atoms with Crippen LogP contribution in [0.5, 0.6) is 11.5 Å². The zero-order valence-corrected chi connectivity index (χ0v) is 19.6. The number of rotatable bonds is 10. The van der Waals surface area contributed by atoms with Crippen molar-refractivity contribution in [2.45, 2.75) is 53.1 Å². The molecule has 2 rings (SSSR count). The molecule has 1 saturated heterocycles. The fourth-order valence-corrected chi connectivity index (χ4v) is 2.95. The van der Waals surface area contributed by atoms with Gasteiger partial charge in [-0.15, -0.1) is 0 Å². The molecule has 2 unspecified atom stereocenters. The van der Waals surface area contributed by atoms with Crippen LogP contribution in [0.1, 0.15) is 34.6 Å². The predicted octanol–water partition coefficient (Wildman–Crippen LogP) is 2.81. The summed E-state index contributed by atoms with van der Waals surface area (Å²) in [5.41, 5.74) is 5.85. The molecule has 1 aliphatic rings. The van der Waals surface area contributed by atoms with E-state index in [2.05, 4.69) is 0 Å². The van der Waals surface area contributed by atoms with Crippen LogP contribution in [0.15, 0.2) is 24.3 Å². The number of morpholine rings is 1. The minimum absolute atomic E-state index is 0.0844. The molecule has 1 fully saturated rings. The maximum atomic E-state index is 12.7. The molecule has 0 spiro atoms. The van der Waals surface area contributed by atoms with E-state index in [1.807, 2.05) is 45.0 Å². The van der Waals surface area contributed by atoms with E-state index < -0.39 is 24.4 Å². The Morgan fingerprint density at radius 2 is 1.75 bits per heavy atom. The number of carbonyl (C=O) groups excluding carboxylic acids is 2. The SMILES string of the molecule is CCOc1ccccc1OC[C@@H]1CN(C(=O)OC(OC(=O)C(N)C(C)C)C(C)C)CCO1. The zero-order chi connectivity index (χ0) is 23.7. The van der Waals surface area contributed by atoms with Gasteiger partial charge >= 0.3 is 12.1 Å². The average molecular weight is 453 g/mol. The molecule has 1 aliphatic heterocycles. The lowest BCUT2D eigenvalue weighted by molar-refractivity contribution is -0.180. The van der Waals surface area contributed by atoms with Gasteiger partial charge in [-0.05, 0) is 25.0 Å². The van der Waals surface area contributed by atoms with Crippen molar-refractivity contribution in [3.05, 3.63) is 24.3 Å².